The number of amides is 1. The lowest BCUT2D eigenvalue weighted by Crippen LogP contribution is -2.44. The Hall–Kier alpha value is -2.22. The molecule has 1 aliphatic heterocycles. The van der Waals surface area contributed by atoms with E-state index in [1.165, 1.54) is 0 Å². The normalized spacial score (nSPS) is 15.9. The molecule has 1 fully saturated rings. The van der Waals surface area contributed by atoms with E-state index in [-0.39, 0.29) is 11.9 Å². The fraction of sp³-hybridized carbons (Fsp3) is 0.429. The van der Waals surface area contributed by atoms with Gasteiger partial charge in [0.25, 0.3) is 0 Å². The quantitative estimate of drug-likeness (QED) is 0.782. The van der Waals surface area contributed by atoms with Gasteiger partial charge in [0, 0.05) is 37.4 Å². The molecule has 100 valence electrons. The van der Waals surface area contributed by atoms with Crippen LogP contribution in [0.1, 0.15) is 25.3 Å². The Bertz CT molecular complexity index is 513. The first kappa shape index (κ1) is 13.2. The van der Waals surface area contributed by atoms with E-state index < -0.39 is 0 Å². The molecule has 1 aromatic rings. The number of nitrogen functional groups attached to an aromatic ring is 1. The second-order valence-electron chi connectivity index (χ2n) is 4.85. The van der Waals surface area contributed by atoms with Gasteiger partial charge < -0.3 is 16.0 Å². The van der Waals surface area contributed by atoms with Crippen molar-refractivity contribution in [1.82, 2.24) is 5.32 Å². The Morgan fingerprint density at radius 3 is 2.74 bits per heavy atom. The van der Waals surface area contributed by atoms with Gasteiger partial charge in [-0.25, -0.2) is 0 Å². The molecule has 0 spiro atoms. The van der Waals surface area contributed by atoms with Gasteiger partial charge in [-0.15, -0.1) is 0 Å². The maximum Gasteiger partial charge on any atom is 0.217 e. The Morgan fingerprint density at radius 2 is 2.16 bits per heavy atom. The molecule has 19 heavy (non-hydrogen) atoms. The van der Waals surface area contributed by atoms with Crippen LogP contribution in [0.2, 0.25) is 0 Å². The molecular formula is C14H18N4O. The second kappa shape index (κ2) is 5.61. The lowest BCUT2D eigenvalue weighted by Gasteiger charge is -2.34. The van der Waals surface area contributed by atoms with E-state index in [0.29, 0.717) is 11.3 Å². The van der Waals surface area contributed by atoms with Crippen molar-refractivity contribution in [3.05, 3.63) is 23.8 Å². The first-order chi connectivity index (χ1) is 9.10. The zero-order valence-corrected chi connectivity index (χ0v) is 11.0. The number of hydrogen-bond acceptors (Lipinski definition) is 4. The van der Waals surface area contributed by atoms with E-state index in [4.69, 9.17) is 11.0 Å². The minimum Gasteiger partial charge on any atom is -0.398 e. The molecule has 0 aromatic heterocycles. The highest BCUT2D eigenvalue weighted by atomic mass is 16.1. The molecule has 0 unspecified atom stereocenters. The predicted molar refractivity (Wildman–Crippen MR) is 74.6 cm³/mol. The van der Waals surface area contributed by atoms with E-state index in [2.05, 4.69) is 16.3 Å². The van der Waals surface area contributed by atoms with Crippen molar-refractivity contribution < 1.29 is 4.79 Å². The standard InChI is InChI=1S/C14H18N4O/c1-10(19)17-12-4-6-18(7-5-12)13-2-3-14(16)11(8-13)9-15/h2-3,8,12H,4-7,16H2,1H3,(H,17,19). The Morgan fingerprint density at radius 1 is 1.47 bits per heavy atom. The molecule has 0 atom stereocenters. The van der Waals surface area contributed by atoms with E-state index in [9.17, 15) is 4.79 Å². The molecular weight excluding hydrogens is 240 g/mol. The Kier molecular flexibility index (Phi) is 3.91. The summed E-state index contributed by atoms with van der Waals surface area (Å²) in [5.74, 6) is 0.0256. The van der Waals surface area contributed by atoms with Crippen LogP contribution in [0.3, 0.4) is 0 Å². The lowest BCUT2D eigenvalue weighted by atomic mass is 10.0. The molecule has 0 aliphatic carbocycles. The number of nitriles is 1. The summed E-state index contributed by atoms with van der Waals surface area (Å²) in [6.45, 7) is 3.30. The van der Waals surface area contributed by atoms with Crippen LogP contribution >= 0.6 is 0 Å². The van der Waals surface area contributed by atoms with Crippen LogP contribution in [0, 0.1) is 11.3 Å². The molecule has 1 heterocycles. The van der Waals surface area contributed by atoms with Crippen molar-refractivity contribution in [1.29, 1.82) is 5.26 Å². The number of piperidine rings is 1. The summed E-state index contributed by atoms with van der Waals surface area (Å²) in [6.07, 6.45) is 1.84. The summed E-state index contributed by atoms with van der Waals surface area (Å²) in [4.78, 5) is 13.2. The first-order valence-corrected chi connectivity index (χ1v) is 6.42. The molecule has 0 saturated carbocycles. The molecule has 5 nitrogen and oxygen atoms in total. The molecule has 1 amide bonds. The summed E-state index contributed by atoms with van der Waals surface area (Å²) >= 11 is 0. The maximum atomic E-state index is 11.0. The van der Waals surface area contributed by atoms with Crippen molar-refractivity contribution in [2.45, 2.75) is 25.8 Å². The first-order valence-electron chi connectivity index (χ1n) is 6.42. The average molecular weight is 258 g/mol. The maximum absolute atomic E-state index is 11.0. The monoisotopic (exact) mass is 258 g/mol. The van der Waals surface area contributed by atoms with Crippen LogP contribution < -0.4 is 16.0 Å². The summed E-state index contributed by atoms with van der Waals surface area (Å²) in [5, 5.41) is 11.9. The topological polar surface area (TPSA) is 82.2 Å². The zero-order valence-electron chi connectivity index (χ0n) is 11.0. The minimum atomic E-state index is 0.0256. The van der Waals surface area contributed by atoms with Gasteiger partial charge in [0.05, 0.1) is 5.56 Å². The number of nitrogens with one attached hydrogen (secondary N) is 1. The highest BCUT2D eigenvalue weighted by Crippen LogP contribution is 2.23. The van der Waals surface area contributed by atoms with E-state index >= 15 is 0 Å². The smallest absolute Gasteiger partial charge is 0.217 e. The number of nitrogens with two attached hydrogens (primary N) is 1. The third-order valence-corrected chi connectivity index (χ3v) is 3.42. The number of benzene rings is 1. The van der Waals surface area contributed by atoms with Crippen molar-refractivity contribution >= 4 is 17.3 Å². The molecule has 1 saturated heterocycles. The summed E-state index contributed by atoms with van der Waals surface area (Å²) in [6, 6.07) is 7.90. The average Bonchev–Trinajstić information content (AvgIpc) is 2.40. The SMILES string of the molecule is CC(=O)NC1CCN(c2ccc(N)c(C#N)c2)CC1. The summed E-state index contributed by atoms with van der Waals surface area (Å²) < 4.78 is 0. The van der Waals surface area contributed by atoms with Gasteiger partial charge in [-0.3, -0.25) is 4.79 Å². The second-order valence-corrected chi connectivity index (χ2v) is 4.85. The van der Waals surface area contributed by atoms with Crippen molar-refractivity contribution in [2.75, 3.05) is 23.7 Å². The van der Waals surface area contributed by atoms with Gasteiger partial charge in [-0.05, 0) is 31.0 Å². The summed E-state index contributed by atoms with van der Waals surface area (Å²) in [7, 11) is 0. The number of nitrogens with zero attached hydrogens (tertiary/aromatic N) is 2. The molecule has 5 heteroatoms. The number of hydrogen-bond donors (Lipinski definition) is 2. The van der Waals surface area contributed by atoms with Gasteiger partial charge in [0.2, 0.25) is 5.91 Å². The van der Waals surface area contributed by atoms with Crippen LogP contribution in [0.4, 0.5) is 11.4 Å². The lowest BCUT2D eigenvalue weighted by molar-refractivity contribution is -0.119. The van der Waals surface area contributed by atoms with Crippen LogP contribution in [-0.4, -0.2) is 25.0 Å². The Labute approximate surface area is 113 Å². The van der Waals surface area contributed by atoms with E-state index in [1.54, 1.807) is 13.0 Å². The fourth-order valence-corrected chi connectivity index (χ4v) is 2.41. The predicted octanol–water partition coefficient (Wildman–Crippen LogP) is 1.25. The van der Waals surface area contributed by atoms with Crippen LogP contribution in [-0.2, 0) is 4.79 Å². The van der Waals surface area contributed by atoms with Crippen molar-refractivity contribution in [3.8, 4) is 6.07 Å². The van der Waals surface area contributed by atoms with E-state index in [0.717, 1.165) is 31.6 Å². The van der Waals surface area contributed by atoms with Gasteiger partial charge in [-0.2, -0.15) is 5.26 Å². The van der Waals surface area contributed by atoms with Gasteiger partial charge in [0.15, 0.2) is 0 Å². The van der Waals surface area contributed by atoms with Crippen molar-refractivity contribution in [3.63, 3.8) is 0 Å². The number of rotatable bonds is 2. The Balaban J connectivity index is 2.02. The minimum absolute atomic E-state index is 0.0256. The number of carbonyl (C=O) groups is 1. The largest absolute Gasteiger partial charge is 0.398 e. The van der Waals surface area contributed by atoms with Crippen LogP contribution in [0.25, 0.3) is 0 Å². The highest BCUT2D eigenvalue weighted by Gasteiger charge is 2.20. The van der Waals surface area contributed by atoms with Crippen LogP contribution in [0.5, 0.6) is 0 Å². The number of carbonyl (C=O) groups excluding carboxylic acids is 1. The number of anilines is 2. The molecule has 1 aliphatic rings. The molecule has 1 aromatic carbocycles. The third-order valence-electron chi connectivity index (χ3n) is 3.42. The van der Waals surface area contributed by atoms with Gasteiger partial charge in [0.1, 0.15) is 6.07 Å². The van der Waals surface area contributed by atoms with Gasteiger partial charge >= 0.3 is 0 Å². The summed E-state index contributed by atoms with van der Waals surface area (Å²) in [5.41, 5.74) is 7.77. The third kappa shape index (κ3) is 3.16. The fourth-order valence-electron chi connectivity index (χ4n) is 2.41. The van der Waals surface area contributed by atoms with Gasteiger partial charge in [-0.1, -0.05) is 0 Å². The van der Waals surface area contributed by atoms with E-state index in [1.807, 2.05) is 12.1 Å². The molecule has 3 N–H and O–H groups in total. The molecule has 2 rings (SSSR count). The molecule has 0 radical (unpaired) electrons. The molecule has 0 bridgehead atoms. The van der Waals surface area contributed by atoms with Crippen LogP contribution in [0.15, 0.2) is 18.2 Å². The highest BCUT2D eigenvalue weighted by molar-refractivity contribution is 5.73. The van der Waals surface area contributed by atoms with Crippen molar-refractivity contribution in [2.24, 2.45) is 0 Å². The zero-order chi connectivity index (χ0) is 13.8.